The van der Waals surface area contributed by atoms with E-state index in [1.165, 1.54) is 0 Å². The normalized spacial score (nSPS) is 12.3. The lowest BCUT2D eigenvalue weighted by molar-refractivity contribution is 0.133. The number of nitrogens with one attached hydrogen (secondary N) is 1. The summed E-state index contributed by atoms with van der Waals surface area (Å²) < 4.78 is 13.6. The van der Waals surface area contributed by atoms with Crippen LogP contribution in [0.5, 0.6) is 11.8 Å². The molecule has 34 heavy (non-hydrogen) atoms. The molecule has 0 radical (unpaired) electrons. The molecule has 4 N–H and O–H groups in total. The van der Waals surface area contributed by atoms with Gasteiger partial charge in [0.1, 0.15) is 18.5 Å². The Morgan fingerprint density at radius 3 is 2.74 bits per heavy atom. The van der Waals surface area contributed by atoms with Gasteiger partial charge in [-0.25, -0.2) is 9.50 Å². The Hall–Kier alpha value is -3.43. The Balaban J connectivity index is 1.66. The third-order valence-electron chi connectivity index (χ3n) is 5.73. The van der Waals surface area contributed by atoms with Crippen LogP contribution in [-0.4, -0.2) is 57.6 Å². The Morgan fingerprint density at radius 2 is 1.97 bits per heavy atom. The molecule has 9 heteroatoms. The number of aliphatic hydroxyl groups excluding tert-OH is 1. The van der Waals surface area contributed by atoms with E-state index in [0.29, 0.717) is 25.1 Å². The molecule has 0 saturated carbocycles. The molecule has 2 aromatic carbocycles. The number of rotatable bonds is 12. The second kappa shape index (κ2) is 11.1. The van der Waals surface area contributed by atoms with Gasteiger partial charge in [0.2, 0.25) is 0 Å². The lowest BCUT2D eigenvalue weighted by Crippen LogP contribution is -2.20. The molecule has 1 unspecified atom stereocenters. The molecule has 4 aromatic rings. The van der Waals surface area contributed by atoms with E-state index in [-0.39, 0.29) is 24.5 Å². The molecular formula is C25H32N6O3. The summed E-state index contributed by atoms with van der Waals surface area (Å²) in [5.41, 5.74) is 8.66. The zero-order valence-electron chi connectivity index (χ0n) is 19.7. The summed E-state index contributed by atoms with van der Waals surface area (Å²) in [6.45, 7) is 3.49. The van der Waals surface area contributed by atoms with Crippen LogP contribution in [-0.2, 0) is 6.42 Å². The molecular weight excluding hydrogens is 432 g/mol. The maximum Gasteiger partial charge on any atom is 0.336 e. The van der Waals surface area contributed by atoms with Crippen molar-refractivity contribution >= 4 is 22.2 Å². The van der Waals surface area contributed by atoms with Gasteiger partial charge in [0, 0.05) is 31.4 Å². The van der Waals surface area contributed by atoms with Crippen LogP contribution < -0.4 is 20.5 Å². The second-order valence-electron chi connectivity index (χ2n) is 8.20. The van der Waals surface area contributed by atoms with Gasteiger partial charge in [0.15, 0.2) is 11.5 Å². The highest BCUT2D eigenvalue weighted by molar-refractivity contribution is 5.91. The highest BCUT2D eigenvalue weighted by atomic mass is 16.5. The minimum absolute atomic E-state index is 0.0421. The summed E-state index contributed by atoms with van der Waals surface area (Å²) in [6.07, 6.45) is 4.45. The average molecular weight is 465 g/mol. The molecule has 0 saturated heterocycles. The third-order valence-corrected chi connectivity index (χ3v) is 5.73. The number of hydrogen-bond acceptors (Lipinski definition) is 8. The Labute approximate surface area is 198 Å². The van der Waals surface area contributed by atoms with E-state index in [1.807, 2.05) is 25.2 Å². The van der Waals surface area contributed by atoms with Gasteiger partial charge in [-0.2, -0.15) is 4.98 Å². The zero-order valence-corrected chi connectivity index (χ0v) is 19.7. The highest BCUT2D eigenvalue weighted by Gasteiger charge is 2.17. The van der Waals surface area contributed by atoms with Gasteiger partial charge >= 0.3 is 6.01 Å². The number of aliphatic hydroxyl groups is 1. The van der Waals surface area contributed by atoms with Crippen molar-refractivity contribution in [1.29, 1.82) is 0 Å². The molecule has 1 atom stereocenters. The minimum atomic E-state index is -0.168. The molecule has 0 amide bonds. The predicted molar refractivity (Wildman–Crippen MR) is 132 cm³/mol. The number of nitrogens with two attached hydrogens (primary N) is 1. The average Bonchev–Trinajstić information content (AvgIpc) is 3.24. The van der Waals surface area contributed by atoms with Crippen molar-refractivity contribution < 1.29 is 14.6 Å². The number of imidazole rings is 1. The van der Waals surface area contributed by atoms with E-state index < -0.39 is 0 Å². The number of fused-ring (bicyclic) bond motifs is 2. The van der Waals surface area contributed by atoms with Crippen LogP contribution in [0.3, 0.4) is 0 Å². The van der Waals surface area contributed by atoms with E-state index in [1.54, 1.807) is 10.7 Å². The van der Waals surface area contributed by atoms with E-state index in [4.69, 9.17) is 15.2 Å². The van der Waals surface area contributed by atoms with Crippen LogP contribution >= 0.6 is 0 Å². The highest BCUT2D eigenvalue weighted by Crippen LogP contribution is 2.30. The van der Waals surface area contributed by atoms with Crippen LogP contribution in [0.15, 0.2) is 42.6 Å². The molecule has 0 fully saturated rings. The summed E-state index contributed by atoms with van der Waals surface area (Å²) in [5, 5.41) is 19.2. The van der Waals surface area contributed by atoms with Crippen molar-refractivity contribution in [3.8, 4) is 11.8 Å². The number of benzene rings is 2. The molecule has 2 heterocycles. The van der Waals surface area contributed by atoms with Gasteiger partial charge in [0.05, 0.1) is 11.9 Å². The lowest BCUT2D eigenvalue weighted by Gasteiger charge is -2.16. The first kappa shape index (κ1) is 23.7. The Morgan fingerprint density at radius 1 is 1.15 bits per heavy atom. The standard InChI is InChI=1S/C25H32N6O3/c1-3-6-19(11-13-32)34-25-29-23(26)24-28-16-18(31(24)30-25)15-17-9-10-22(33-14-12-27-2)21-8-5-4-7-20(17)21/h4-5,7-10,16,19,27,32H,3,6,11-15H2,1-2H3,(H2,26,29,30). The van der Waals surface area contributed by atoms with Crippen LogP contribution in [0.2, 0.25) is 0 Å². The number of aromatic nitrogens is 4. The fourth-order valence-electron chi connectivity index (χ4n) is 4.05. The van der Waals surface area contributed by atoms with Gasteiger partial charge in [-0.3, -0.25) is 0 Å². The number of nitrogens with zero attached hydrogens (tertiary/aromatic N) is 4. The largest absolute Gasteiger partial charge is 0.492 e. The summed E-state index contributed by atoms with van der Waals surface area (Å²) in [5.74, 6) is 1.12. The van der Waals surface area contributed by atoms with Crippen LogP contribution in [0.4, 0.5) is 5.82 Å². The molecule has 0 bridgehead atoms. The van der Waals surface area contributed by atoms with Gasteiger partial charge in [-0.05, 0) is 30.5 Å². The van der Waals surface area contributed by atoms with Crippen molar-refractivity contribution in [3.63, 3.8) is 0 Å². The van der Waals surface area contributed by atoms with Crippen molar-refractivity contribution in [2.45, 2.75) is 38.7 Å². The van der Waals surface area contributed by atoms with Crippen LogP contribution in [0.25, 0.3) is 16.4 Å². The number of anilines is 1. The minimum Gasteiger partial charge on any atom is -0.492 e. The molecule has 9 nitrogen and oxygen atoms in total. The molecule has 0 aliphatic carbocycles. The van der Waals surface area contributed by atoms with Gasteiger partial charge in [-0.15, -0.1) is 5.10 Å². The van der Waals surface area contributed by atoms with Crippen LogP contribution in [0, 0.1) is 0 Å². The summed E-state index contributed by atoms with van der Waals surface area (Å²) in [6, 6.07) is 12.5. The zero-order chi connectivity index (χ0) is 23.9. The molecule has 180 valence electrons. The maximum atomic E-state index is 9.34. The third kappa shape index (κ3) is 5.21. The van der Waals surface area contributed by atoms with E-state index in [2.05, 4.69) is 45.5 Å². The smallest absolute Gasteiger partial charge is 0.336 e. The molecule has 0 spiro atoms. The second-order valence-corrected chi connectivity index (χ2v) is 8.20. The monoisotopic (exact) mass is 464 g/mol. The Kier molecular flexibility index (Phi) is 7.76. The van der Waals surface area contributed by atoms with Gasteiger partial charge < -0.3 is 25.6 Å². The van der Waals surface area contributed by atoms with E-state index in [0.717, 1.165) is 47.2 Å². The summed E-state index contributed by atoms with van der Waals surface area (Å²) in [4.78, 5) is 8.72. The number of ether oxygens (including phenoxy) is 2. The van der Waals surface area contributed by atoms with Crippen molar-refractivity contribution in [2.75, 3.05) is 32.5 Å². The topological polar surface area (TPSA) is 120 Å². The van der Waals surface area contributed by atoms with Crippen molar-refractivity contribution in [1.82, 2.24) is 24.9 Å². The van der Waals surface area contributed by atoms with Crippen molar-refractivity contribution in [2.24, 2.45) is 0 Å². The van der Waals surface area contributed by atoms with E-state index in [9.17, 15) is 5.11 Å². The molecule has 4 rings (SSSR count). The first-order valence-corrected chi connectivity index (χ1v) is 11.7. The predicted octanol–water partition coefficient (Wildman–Crippen LogP) is 2.98. The SMILES string of the molecule is CCCC(CCO)Oc1nc(N)c2ncc(Cc3ccc(OCCNC)c4ccccc34)n2n1. The first-order chi connectivity index (χ1) is 16.6. The van der Waals surface area contributed by atoms with Gasteiger partial charge in [-0.1, -0.05) is 43.7 Å². The fourth-order valence-corrected chi connectivity index (χ4v) is 4.05. The molecule has 0 aliphatic rings. The van der Waals surface area contributed by atoms with Crippen LogP contribution in [0.1, 0.15) is 37.4 Å². The maximum absolute atomic E-state index is 9.34. The quantitative estimate of drug-likeness (QED) is 0.274. The Bertz CT molecular complexity index is 1240. The fraction of sp³-hybridized carbons (Fsp3) is 0.400. The number of likely N-dealkylation sites (N-methyl/N-ethyl adjacent to an activating group) is 1. The van der Waals surface area contributed by atoms with Crippen molar-refractivity contribution in [3.05, 3.63) is 53.9 Å². The lowest BCUT2D eigenvalue weighted by atomic mass is 10.0. The summed E-state index contributed by atoms with van der Waals surface area (Å²) in [7, 11) is 1.91. The first-order valence-electron chi connectivity index (χ1n) is 11.7. The number of nitrogen functional groups attached to an aromatic ring is 1. The molecule has 0 aliphatic heterocycles. The molecule has 2 aromatic heterocycles. The van der Waals surface area contributed by atoms with E-state index >= 15 is 0 Å². The van der Waals surface area contributed by atoms with Gasteiger partial charge in [0.25, 0.3) is 0 Å². The number of hydrogen-bond donors (Lipinski definition) is 3. The summed E-state index contributed by atoms with van der Waals surface area (Å²) >= 11 is 0.